The first-order chi connectivity index (χ1) is 7.91. The van der Waals surface area contributed by atoms with E-state index in [4.69, 9.17) is 5.11 Å². The topological polar surface area (TPSA) is 105 Å². The standard InChI is InChI=1S/C10H13N3O4/c1-6(10(14)15)5-11-9-4-3-8(13(16)17)7(2)12-9/h3-4,6H,5H2,1-2H3,(H,11,12)(H,14,15). The number of aliphatic carboxylic acids is 1. The molecule has 0 radical (unpaired) electrons. The van der Waals surface area contributed by atoms with E-state index in [-0.39, 0.29) is 12.2 Å². The number of aryl methyl sites for hydroxylation is 1. The molecule has 0 aromatic carbocycles. The first-order valence-corrected chi connectivity index (χ1v) is 5.00. The second-order valence-electron chi connectivity index (χ2n) is 3.68. The van der Waals surface area contributed by atoms with Crippen LogP contribution in [0.1, 0.15) is 12.6 Å². The fourth-order valence-corrected chi connectivity index (χ4v) is 1.19. The Labute approximate surface area is 97.6 Å². The number of anilines is 1. The summed E-state index contributed by atoms with van der Waals surface area (Å²) in [6.07, 6.45) is 0. The minimum atomic E-state index is -0.906. The predicted molar refractivity (Wildman–Crippen MR) is 60.9 cm³/mol. The van der Waals surface area contributed by atoms with Crippen LogP contribution in [0.3, 0.4) is 0 Å². The highest BCUT2D eigenvalue weighted by Crippen LogP contribution is 2.17. The molecule has 1 aromatic heterocycles. The van der Waals surface area contributed by atoms with Gasteiger partial charge in [0.1, 0.15) is 11.5 Å². The van der Waals surface area contributed by atoms with Crippen molar-refractivity contribution in [1.29, 1.82) is 0 Å². The van der Waals surface area contributed by atoms with Crippen molar-refractivity contribution in [3.63, 3.8) is 0 Å². The largest absolute Gasteiger partial charge is 0.481 e. The molecule has 0 saturated heterocycles. The number of carbonyl (C=O) groups is 1. The Balaban J connectivity index is 2.71. The van der Waals surface area contributed by atoms with E-state index in [1.807, 2.05) is 0 Å². The number of hydrogen-bond acceptors (Lipinski definition) is 5. The summed E-state index contributed by atoms with van der Waals surface area (Å²) in [6.45, 7) is 3.32. The highest BCUT2D eigenvalue weighted by atomic mass is 16.6. The van der Waals surface area contributed by atoms with Gasteiger partial charge in [0.15, 0.2) is 0 Å². The van der Waals surface area contributed by atoms with Crippen LogP contribution >= 0.6 is 0 Å². The van der Waals surface area contributed by atoms with Gasteiger partial charge < -0.3 is 10.4 Å². The van der Waals surface area contributed by atoms with Crippen LogP contribution in [-0.2, 0) is 4.79 Å². The van der Waals surface area contributed by atoms with Crippen LogP contribution in [0, 0.1) is 23.0 Å². The lowest BCUT2D eigenvalue weighted by Crippen LogP contribution is -2.20. The van der Waals surface area contributed by atoms with Crippen LogP contribution in [-0.4, -0.2) is 27.5 Å². The van der Waals surface area contributed by atoms with E-state index < -0.39 is 16.8 Å². The van der Waals surface area contributed by atoms with Crippen LogP contribution < -0.4 is 5.32 Å². The minimum Gasteiger partial charge on any atom is -0.481 e. The maximum Gasteiger partial charge on any atom is 0.308 e. The lowest BCUT2D eigenvalue weighted by Gasteiger charge is -2.09. The molecule has 92 valence electrons. The molecule has 1 heterocycles. The maximum absolute atomic E-state index is 10.6. The zero-order valence-corrected chi connectivity index (χ0v) is 9.51. The van der Waals surface area contributed by atoms with Crippen molar-refractivity contribution in [2.45, 2.75) is 13.8 Å². The third-order valence-corrected chi connectivity index (χ3v) is 2.27. The lowest BCUT2D eigenvalue weighted by atomic mass is 10.2. The van der Waals surface area contributed by atoms with E-state index in [0.717, 1.165) is 0 Å². The Bertz CT molecular complexity index is 447. The Hall–Kier alpha value is -2.18. The number of pyridine rings is 1. The van der Waals surface area contributed by atoms with Crippen molar-refractivity contribution < 1.29 is 14.8 Å². The molecule has 7 heteroatoms. The summed E-state index contributed by atoms with van der Waals surface area (Å²) in [5.41, 5.74) is 0.241. The molecule has 0 aliphatic carbocycles. The molecule has 0 saturated carbocycles. The van der Waals surface area contributed by atoms with Crippen LogP contribution in [0.2, 0.25) is 0 Å². The molecule has 0 aliphatic rings. The molecule has 1 atom stereocenters. The van der Waals surface area contributed by atoms with Crippen molar-refractivity contribution in [2.24, 2.45) is 5.92 Å². The van der Waals surface area contributed by atoms with Crippen LogP contribution in [0.4, 0.5) is 11.5 Å². The number of rotatable bonds is 5. The van der Waals surface area contributed by atoms with Gasteiger partial charge in [0.25, 0.3) is 5.69 Å². The molecule has 1 rings (SSSR count). The van der Waals surface area contributed by atoms with Gasteiger partial charge in [-0.2, -0.15) is 0 Å². The Morgan fingerprint density at radius 2 is 2.29 bits per heavy atom. The molecule has 0 fully saturated rings. The summed E-state index contributed by atoms with van der Waals surface area (Å²) in [5, 5.41) is 22.1. The smallest absolute Gasteiger partial charge is 0.308 e. The monoisotopic (exact) mass is 239 g/mol. The minimum absolute atomic E-state index is 0.0539. The summed E-state index contributed by atoms with van der Waals surface area (Å²) >= 11 is 0. The van der Waals surface area contributed by atoms with E-state index >= 15 is 0 Å². The maximum atomic E-state index is 10.6. The van der Waals surface area contributed by atoms with Gasteiger partial charge in [0, 0.05) is 12.6 Å². The zero-order chi connectivity index (χ0) is 13.0. The fourth-order valence-electron chi connectivity index (χ4n) is 1.19. The van der Waals surface area contributed by atoms with E-state index in [2.05, 4.69) is 10.3 Å². The molecule has 1 aromatic rings. The van der Waals surface area contributed by atoms with Gasteiger partial charge in [-0.3, -0.25) is 14.9 Å². The van der Waals surface area contributed by atoms with E-state index in [1.54, 1.807) is 6.92 Å². The molecule has 0 bridgehead atoms. The number of nitro groups is 1. The normalized spacial score (nSPS) is 11.9. The molecule has 1 unspecified atom stereocenters. The molecule has 0 aliphatic heterocycles. The van der Waals surface area contributed by atoms with Crippen LogP contribution in [0.25, 0.3) is 0 Å². The Kier molecular flexibility index (Phi) is 3.97. The molecule has 0 spiro atoms. The summed E-state index contributed by atoms with van der Waals surface area (Å²) in [6, 6.07) is 2.80. The number of hydrogen-bond donors (Lipinski definition) is 2. The summed E-state index contributed by atoms with van der Waals surface area (Å²) in [7, 11) is 0. The third kappa shape index (κ3) is 3.40. The van der Waals surface area contributed by atoms with Gasteiger partial charge in [-0.25, -0.2) is 4.98 Å². The van der Waals surface area contributed by atoms with Gasteiger partial charge in [-0.05, 0) is 13.0 Å². The second-order valence-corrected chi connectivity index (χ2v) is 3.68. The third-order valence-electron chi connectivity index (χ3n) is 2.27. The van der Waals surface area contributed by atoms with Crippen molar-refractivity contribution in [1.82, 2.24) is 4.98 Å². The SMILES string of the molecule is Cc1nc(NCC(C)C(=O)O)ccc1[N+](=O)[O-]. The predicted octanol–water partition coefficient (Wildman–Crippen LogP) is 1.43. The summed E-state index contributed by atoms with van der Waals surface area (Å²) in [5.74, 6) is -1.02. The second kappa shape index (κ2) is 5.24. The molecule has 2 N–H and O–H groups in total. The summed E-state index contributed by atoms with van der Waals surface area (Å²) in [4.78, 5) is 24.6. The van der Waals surface area contributed by atoms with E-state index in [9.17, 15) is 14.9 Å². The molecule has 17 heavy (non-hydrogen) atoms. The number of nitrogens with zero attached hydrogens (tertiary/aromatic N) is 2. The number of aromatic nitrogens is 1. The molecule has 0 amide bonds. The zero-order valence-electron chi connectivity index (χ0n) is 9.51. The average molecular weight is 239 g/mol. The first kappa shape index (κ1) is 12.9. The number of carboxylic acids is 1. The Morgan fingerprint density at radius 1 is 1.65 bits per heavy atom. The van der Waals surface area contributed by atoms with Crippen molar-refractivity contribution >= 4 is 17.5 Å². The fraction of sp³-hybridized carbons (Fsp3) is 0.400. The number of carboxylic acid groups (broad SMARTS) is 1. The van der Waals surface area contributed by atoms with Gasteiger partial charge in [0.05, 0.1) is 10.8 Å². The van der Waals surface area contributed by atoms with Crippen molar-refractivity contribution in [3.8, 4) is 0 Å². The van der Waals surface area contributed by atoms with Crippen LogP contribution in [0.15, 0.2) is 12.1 Å². The highest BCUT2D eigenvalue weighted by Gasteiger charge is 2.13. The van der Waals surface area contributed by atoms with Gasteiger partial charge in [-0.1, -0.05) is 6.92 Å². The van der Waals surface area contributed by atoms with Gasteiger partial charge >= 0.3 is 5.97 Å². The molecular formula is C10H13N3O4. The highest BCUT2D eigenvalue weighted by molar-refractivity contribution is 5.70. The van der Waals surface area contributed by atoms with E-state index in [1.165, 1.54) is 19.1 Å². The molecule has 7 nitrogen and oxygen atoms in total. The van der Waals surface area contributed by atoms with Gasteiger partial charge in [-0.15, -0.1) is 0 Å². The number of nitrogens with one attached hydrogen (secondary N) is 1. The lowest BCUT2D eigenvalue weighted by molar-refractivity contribution is -0.385. The van der Waals surface area contributed by atoms with Crippen LogP contribution in [0.5, 0.6) is 0 Å². The summed E-state index contributed by atoms with van der Waals surface area (Å²) < 4.78 is 0. The van der Waals surface area contributed by atoms with Crippen molar-refractivity contribution in [3.05, 3.63) is 27.9 Å². The first-order valence-electron chi connectivity index (χ1n) is 5.00. The van der Waals surface area contributed by atoms with Gasteiger partial charge in [0.2, 0.25) is 0 Å². The van der Waals surface area contributed by atoms with E-state index in [0.29, 0.717) is 11.5 Å². The van der Waals surface area contributed by atoms with Crippen molar-refractivity contribution in [2.75, 3.05) is 11.9 Å². The Morgan fingerprint density at radius 3 is 2.76 bits per heavy atom. The molecular weight excluding hydrogens is 226 g/mol. The average Bonchev–Trinajstić information content (AvgIpc) is 2.25. The quantitative estimate of drug-likeness (QED) is 0.594.